The Hall–Kier alpha value is -2.22. The molecule has 0 bridgehead atoms. The zero-order valence-corrected chi connectivity index (χ0v) is 15.8. The van der Waals surface area contributed by atoms with Crippen molar-refractivity contribution >= 4 is 28.5 Å². The highest BCUT2D eigenvalue weighted by Gasteiger charge is 2.10. The predicted molar refractivity (Wildman–Crippen MR) is 104 cm³/mol. The van der Waals surface area contributed by atoms with Crippen molar-refractivity contribution in [1.82, 2.24) is 15.5 Å². The SMILES string of the molecule is O=C(CCc1nc(-c2ccc(I)cc2)no1)NCCc1ccccc1. The van der Waals surface area contributed by atoms with Gasteiger partial charge in [0, 0.05) is 28.5 Å². The predicted octanol–water partition coefficient (Wildman–Crippen LogP) is 3.63. The normalized spacial score (nSPS) is 10.6. The van der Waals surface area contributed by atoms with E-state index in [4.69, 9.17) is 4.52 Å². The number of hydrogen-bond donors (Lipinski definition) is 1. The number of amides is 1. The van der Waals surface area contributed by atoms with Gasteiger partial charge in [0.1, 0.15) is 0 Å². The lowest BCUT2D eigenvalue weighted by Crippen LogP contribution is -2.25. The van der Waals surface area contributed by atoms with Crippen LogP contribution in [0.25, 0.3) is 11.4 Å². The molecule has 0 unspecified atom stereocenters. The number of nitrogens with zero attached hydrogens (tertiary/aromatic N) is 2. The molecule has 0 atom stereocenters. The second-order valence-corrected chi connectivity index (χ2v) is 6.85. The van der Waals surface area contributed by atoms with E-state index in [1.54, 1.807) is 0 Å². The summed E-state index contributed by atoms with van der Waals surface area (Å²) in [5, 5.41) is 6.89. The molecule has 3 aromatic rings. The third-order valence-electron chi connectivity index (χ3n) is 3.72. The fourth-order valence-corrected chi connectivity index (χ4v) is 2.73. The fourth-order valence-electron chi connectivity index (χ4n) is 2.37. The molecule has 3 rings (SSSR count). The van der Waals surface area contributed by atoms with Gasteiger partial charge in [-0.25, -0.2) is 0 Å². The number of rotatable bonds is 7. The third kappa shape index (κ3) is 5.38. The first-order valence-corrected chi connectivity index (χ1v) is 9.18. The molecule has 1 aromatic heterocycles. The number of halogens is 1. The number of benzene rings is 2. The van der Waals surface area contributed by atoms with Crippen molar-refractivity contribution in [2.75, 3.05) is 6.54 Å². The minimum absolute atomic E-state index is 0.00931. The van der Waals surface area contributed by atoms with Gasteiger partial charge in [0.05, 0.1) is 0 Å². The highest BCUT2D eigenvalue weighted by Crippen LogP contribution is 2.17. The average Bonchev–Trinajstić information content (AvgIpc) is 3.10. The second-order valence-electron chi connectivity index (χ2n) is 5.60. The van der Waals surface area contributed by atoms with Crippen LogP contribution in [0, 0.1) is 3.57 Å². The molecule has 25 heavy (non-hydrogen) atoms. The van der Waals surface area contributed by atoms with Gasteiger partial charge in [0.25, 0.3) is 0 Å². The number of aryl methyl sites for hydroxylation is 1. The van der Waals surface area contributed by atoms with Crippen molar-refractivity contribution in [3.8, 4) is 11.4 Å². The van der Waals surface area contributed by atoms with Crippen LogP contribution in [-0.4, -0.2) is 22.6 Å². The van der Waals surface area contributed by atoms with Crippen LogP contribution in [0.5, 0.6) is 0 Å². The highest BCUT2D eigenvalue weighted by molar-refractivity contribution is 14.1. The van der Waals surface area contributed by atoms with Gasteiger partial charge in [0.15, 0.2) is 0 Å². The van der Waals surface area contributed by atoms with Crippen LogP contribution in [0.15, 0.2) is 59.1 Å². The Kier molecular flexibility index (Phi) is 6.16. The maximum absolute atomic E-state index is 11.9. The largest absolute Gasteiger partial charge is 0.356 e. The molecule has 0 aliphatic rings. The van der Waals surface area contributed by atoms with E-state index in [0.29, 0.717) is 31.1 Å². The van der Waals surface area contributed by atoms with E-state index in [0.717, 1.165) is 15.6 Å². The maximum Gasteiger partial charge on any atom is 0.227 e. The summed E-state index contributed by atoms with van der Waals surface area (Å²) in [6, 6.07) is 18.0. The van der Waals surface area contributed by atoms with Crippen LogP contribution in [0.2, 0.25) is 0 Å². The van der Waals surface area contributed by atoms with Crippen LogP contribution < -0.4 is 5.32 Å². The average molecular weight is 447 g/mol. The summed E-state index contributed by atoms with van der Waals surface area (Å²) in [7, 11) is 0. The van der Waals surface area contributed by atoms with E-state index in [2.05, 4.69) is 50.2 Å². The molecule has 0 aliphatic carbocycles. The molecule has 2 aromatic carbocycles. The van der Waals surface area contributed by atoms with Gasteiger partial charge >= 0.3 is 0 Å². The summed E-state index contributed by atoms with van der Waals surface area (Å²) in [6.45, 7) is 0.626. The molecule has 0 saturated carbocycles. The Morgan fingerprint density at radius 3 is 2.56 bits per heavy atom. The first-order valence-electron chi connectivity index (χ1n) is 8.10. The van der Waals surface area contributed by atoms with Crippen LogP contribution in [0.3, 0.4) is 0 Å². The lowest BCUT2D eigenvalue weighted by Gasteiger charge is -2.04. The zero-order valence-electron chi connectivity index (χ0n) is 13.6. The first-order chi connectivity index (χ1) is 12.2. The van der Waals surface area contributed by atoms with Crippen molar-refractivity contribution in [3.63, 3.8) is 0 Å². The van der Waals surface area contributed by atoms with E-state index < -0.39 is 0 Å². The second kappa shape index (κ2) is 8.75. The van der Waals surface area contributed by atoms with Crippen molar-refractivity contribution < 1.29 is 9.32 Å². The van der Waals surface area contributed by atoms with Crippen LogP contribution in [-0.2, 0) is 17.6 Å². The fraction of sp³-hybridized carbons (Fsp3) is 0.211. The minimum atomic E-state index is -0.00931. The minimum Gasteiger partial charge on any atom is -0.356 e. The molecule has 128 valence electrons. The van der Waals surface area contributed by atoms with Gasteiger partial charge in [-0.1, -0.05) is 47.6 Å². The number of nitrogens with one attached hydrogen (secondary N) is 1. The summed E-state index contributed by atoms with van der Waals surface area (Å²) in [5.41, 5.74) is 2.12. The van der Waals surface area contributed by atoms with Gasteiger partial charge in [-0.05, 0) is 46.7 Å². The molecule has 1 heterocycles. The first kappa shape index (κ1) is 17.6. The molecule has 0 radical (unpaired) electrons. The summed E-state index contributed by atoms with van der Waals surface area (Å²) in [4.78, 5) is 16.3. The van der Waals surface area contributed by atoms with E-state index in [1.807, 2.05) is 42.5 Å². The third-order valence-corrected chi connectivity index (χ3v) is 4.43. The lowest BCUT2D eigenvalue weighted by atomic mass is 10.1. The van der Waals surface area contributed by atoms with Crippen LogP contribution in [0.1, 0.15) is 17.9 Å². The molecular weight excluding hydrogens is 429 g/mol. The Balaban J connectivity index is 1.44. The Morgan fingerprint density at radius 2 is 1.80 bits per heavy atom. The standard InChI is InChI=1S/C19H18IN3O2/c20-16-8-6-15(7-9-16)19-22-18(25-23-19)11-10-17(24)21-13-12-14-4-2-1-3-5-14/h1-9H,10-13H2,(H,21,24). The van der Waals surface area contributed by atoms with Crippen LogP contribution in [0.4, 0.5) is 0 Å². The summed E-state index contributed by atoms with van der Waals surface area (Å²) in [6.07, 6.45) is 1.60. The van der Waals surface area contributed by atoms with Crippen molar-refractivity contribution in [2.24, 2.45) is 0 Å². The zero-order chi connectivity index (χ0) is 17.5. The summed E-state index contributed by atoms with van der Waals surface area (Å²) in [5.74, 6) is 1.02. The topological polar surface area (TPSA) is 68.0 Å². The van der Waals surface area contributed by atoms with Gasteiger partial charge in [-0.15, -0.1) is 0 Å². The maximum atomic E-state index is 11.9. The molecule has 1 amide bonds. The Morgan fingerprint density at radius 1 is 1.04 bits per heavy atom. The quantitative estimate of drug-likeness (QED) is 0.562. The van der Waals surface area contributed by atoms with Gasteiger partial charge < -0.3 is 9.84 Å². The van der Waals surface area contributed by atoms with Gasteiger partial charge in [0.2, 0.25) is 17.6 Å². The van der Waals surface area contributed by atoms with Gasteiger partial charge in [-0.3, -0.25) is 4.79 Å². The molecule has 6 heteroatoms. The van der Waals surface area contributed by atoms with Crippen LogP contribution >= 0.6 is 22.6 Å². The molecular formula is C19H18IN3O2. The Bertz CT molecular complexity index is 816. The van der Waals surface area contributed by atoms with E-state index >= 15 is 0 Å². The molecule has 5 nitrogen and oxygen atoms in total. The molecule has 0 saturated heterocycles. The number of aromatic nitrogens is 2. The van der Waals surface area contributed by atoms with E-state index in [9.17, 15) is 4.79 Å². The van der Waals surface area contributed by atoms with Crippen molar-refractivity contribution in [1.29, 1.82) is 0 Å². The molecule has 1 N–H and O–H groups in total. The molecule has 0 aliphatic heterocycles. The number of carbonyl (C=O) groups excluding carboxylic acids is 1. The van der Waals surface area contributed by atoms with E-state index in [-0.39, 0.29) is 5.91 Å². The molecule has 0 spiro atoms. The summed E-state index contributed by atoms with van der Waals surface area (Å²) < 4.78 is 6.38. The smallest absolute Gasteiger partial charge is 0.227 e. The monoisotopic (exact) mass is 447 g/mol. The lowest BCUT2D eigenvalue weighted by molar-refractivity contribution is -0.121. The van der Waals surface area contributed by atoms with Gasteiger partial charge in [-0.2, -0.15) is 4.98 Å². The number of hydrogen-bond acceptors (Lipinski definition) is 4. The Labute approximate surface area is 160 Å². The van der Waals surface area contributed by atoms with Crippen molar-refractivity contribution in [2.45, 2.75) is 19.3 Å². The van der Waals surface area contributed by atoms with Crippen molar-refractivity contribution in [3.05, 3.63) is 69.6 Å². The summed E-state index contributed by atoms with van der Waals surface area (Å²) >= 11 is 2.25. The highest BCUT2D eigenvalue weighted by atomic mass is 127. The number of carbonyl (C=O) groups is 1. The molecule has 0 fully saturated rings. The van der Waals surface area contributed by atoms with E-state index in [1.165, 1.54) is 5.56 Å².